The number of nitrogens with one attached hydrogen (secondary N) is 1. The van der Waals surface area contributed by atoms with Gasteiger partial charge in [-0.3, -0.25) is 4.79 Å². The van der Waals surface area contributed by atoms with Crippen LogP contribution in [0.15, 0.2) is 41.1 Å². The summed E-state index contributed by atoms with van der Waals surface area (Å²) in [7, 11) is 0. The van der Waals surface area contributed by atoms with E-state index in [0.717, 1.165) is 18.2 Å². The number of nitrogens with zero attached hydrogens (tertiary/aromatic N) is 1. The van der Waals surface area contributed by atoms with Gasteiger partial charge in [-0.25, -0.2) is 9.18 Å². The van der Waals surface area contributed by atoms with Gasteiger partial charge in [-0.2, -0.15) is 0 Å². The Labute approximate surface area is 112 Å². The van der Waals surface area contributed by atoms with Gasteiger partial charge >= 0.3 is 5.97 Å². The van der Waals surface area contributed by atoms with Gasteiger partial charge in [-0.15, -0.1) is 0 Å². The van der Waals surface area contributed by atoms with Crippen LogP contribution in [0.3, 0.4) is 0 Å². The molecule has 0 aliphatic heterocycles. The lowest BCUT2D eigenvalue weighted by atomic mass is 10.1. The van der Waals surface area contributed by atoms with Gasteiger partial charge < -0.3 is 14.9 Å². The van der Waals surface area contributed by atoms with E-state index in [1.807, 2.05) is 0 Å². The van der Waals surface area contributed by atoms with Crippen molar-refractivity contribution in [2.75, 3.05) is 5.32 Å². The minimum absolute atomic E-state index is 0.000239. The first-order valence-electron chi connectivity index (χ1n) is 5.49. The molecule has 1 aromatic carbocycles. The zero-order valence-electron chi connectivity index (χ0n) is 10.0. The summed E-state index contributed by atoms with van der Waals surface area (Å²) < 4.78 is 18.3. The van der Waals surface area contributed by atoms with Gasteiger partial charge in [0.2, 0.25) is 5.76 Å². The van der Waals surface area contributed by atoms with Crippen molar-refractivity contribution in [1.82, 2.24) is 5.16 Å². The molecule has 0 spiro atoms. The number of rotatable bonds is 4. The second-order valence-corrected chi connectivity index (χ2v) is 3.74. The van der Waals surface area contributed by atoms with Crippen molar-refractivity contribution in [2.45, 2.75) is 0 Å². The number of aromatic nitrogens is 1. The Morgan fingerprint density at radius 3 is 2.75 bits per heavy atom. The summed E-state index contributed by atoms with van der Waals surface area (Å²) >= 11 is 0. The number of hydrogen-bond acceptors (Lipinski definition) is 4. The predicted octanol–water partition coefficient (Wildman–Crippen LogP) is 2.16. The van der Waals surface area contributed by atoms with Crippen LogP contribution in [0.4, 0.5) is 10.1 Å². The second kappa shape index (κ2) is 5.79. The summed E-state index contributed by atoms with van der Waals surface area (Å²) in [4.78, 5) is 22.0. The number of carboxylic acid groups (broad SMARTS) is 1. The SMILES string of the molecule is O=C(O)C=Cc1ccc(NC(=O)c2ccno2)cc1F. The molecule has 0 aliphatic rings. The molecule has 2 aromatic rings. The fourth-order valence-electron chi connectivity index (χ4n) is 1.43. The van der Waals surface area contributed by atoms with Gasteiger partial charge in [0.15, 0.2) is 0 Å². The maximum Gasteiger partial charge on any atom is 0.328 e. The zero-order chi connectivity index (χ0) is 14.5. The van der Waals surface area contributed by atoms with Crippen molar-refractivity contribution in [3.05, 3.63) is 53.7 Å². The smallest absolute Gasteiger partial charge is 0.328 e. The number of hydrogen-bond donors (Lipinski definition) is 2. The summed E-state index contributed by atoms with van der Waals surface area (Å²) in [6.07, 6.45) is 3.26. The van der Waals surface area contributed by atoms with E-state index in [1.165, 1.54) is 24.4 Å². The molecular formula is C13H9FN2O4. The van der Waals surface area contributed by atoms with E-state index in [1.54, 1.807) is 0 Å². The van der Waals surface area contributed by atoms with Crippen LogP contribution in [0.25, 0.3) is 6.08 Å². The van der Waals surface area contributed by atoms with Gasteiger partial charge in [0.05, 0.1) is 6.20 Å². The number of amides is 1. The van der Waals surface area contributed by atoms with Gasteiger partial charge in [-0.1, -0.05) is 5.16 Å². The normalized spacial score (nSPS) is 10.7. The molecule has 0 saturated carbocycles. The maximum atomic E-state index is 13.7. The Bertz CT molecular complexity index is 665. The fraction of sp³-hybridized carbons (Fsp3) is 0. The quantitative estimate of drug-likeness (QED) is 0.835. The summed E-state index contributed by atoms with van der Waals surface area (Å²) in [5, 5.41) is 14.3. The lowest BCUT2D eigenvalue weighted by Gasteiger charge is -2.04. The van der Waals surface area contributed by atoms with Crippen LogP contribution < -0.4 is 5.32 Å². The molecule has 1 amide bonds. The number of carbonyl (C=O) groups excluding carboxylic acids is 1. The van der Waals surface area contributed by atoms with Crippen molar-refractivity contribution < 1.29 is 23.6 Å². The van der Waals surface area contributed by atoms with E-state index in [4.69, 9.17) is 5.11 Å². The van der Waals surface area contributed by atoms with E-state index in [-0.39, 0.29) is 17.0 Å². The third-order valence-corrected chi connectivity index (χ3v) is 2.33. The van der Waals surface area contributed by atoms with Crippen LogP contribution in [-0.2, 0) is 4.79 Å². The lowest BCUT2D eigenvalue weighted by Crippen LogP contribution is -2.11. The van der Waals surface area contributed by atoms with E-state index >= 15 is 0 Å². The monoisotopic (exact) mass is 276 g/mol. The van der Waals surface area contributed by atoms with E-state index < -0.39 is 17.7 Å². The summed E-state index contributed by atoms with van der Waals surface area (Å²) in [5.41, 5.74) is 0.321. The average molecular weight is 276 g/mol. The minimum atomic E-state index is -1.17. The highest BCUT2D eigenvalue weighted by Crippen LogP contribution is 2.16. The van der Waals surface area contributed by atoms with Crippen LogP contribution >= 0.6 is 0 Å². The Balaban J connectivity index is 2.13. The molecule has 1 heterocycles. The Morgan fingerprint density at radius 2 is 2.15 bits per heavy atom. The third kappa shape index (κ3) is 3.29. The molecule has 6 nitrogen and oxygen atoms in total. The van der Waals surface area contributed by atoms with Crippen molar-refractivity contribution in [1.29, 1.82) is 0 Å². The lowest BCUT2D eigenvalue weighted by molar-refractivity contribution is -0.131. The van der Waals surface area contributed by atoms with Gasteiger partial charge in [0.1, 0.15) is 5.82 Å². The molecule has 0 aliphatic carbocycles. The van der Waals surface area contributed by atoms with E-state index in [0.29, 0.717) is 0 Å². The molecule has 2 rings (SSSR count). The highest BCUT2D eigenvalue weighted by molar-refractivity contribution is 6.02. The number of aliphatic carboxylic acids is 1. The van der Waals surface area contributed by atoms with Crippen LogP contribution in [0.1, 0.15) is 16.1 Å². The van der Waals surface area contributed by atoms with Crippen molar-refractivity contribution in [3.8, 4) is 0 Å². The molecule has 0 saturated heterocycles. The predicted molar refractivity (Wildman–Crippen MR) is 67.5 cm³/mol. The Morgan fingerprint density at radius 1 is 1.35 bits per heavy atom. The van der Waals surface area contributed by atoms with Crippen molar-refractivity contribution in [3.63, 3.8) is 0 Å². The zero-order valence-corrected chi connectivity index (χ0v) is 10.0. The molecule has 0 unspecified atom stereocenters. The van der Waals surface area contributed by atoms with Crippen LogP contribution in [0.2, 0.25) is 0 Å². The van der Waals surface area contributed by atoms with Gasteiger partial charge in [0, 0.05) is 23.4 Å². The molecule has 20 heavy (non-hydrogen) atoms. The summed E-state index contributed by atoms with van der Waals surface area (Å²) in [5.74, 6) is -2.39. The topological polar surface area (TPSA) is 92.4 Å². The molecule has 1 aromatic heterocycles. The van der Waals surface area contributed by atoms with Crippen LogP contribution in [0, 0.1) is 5.82 Å². The van der Waals surface area contributed by atoms with Gasteiger partial charge in [-0.05, 0) is 24.3 Å². The first-order valence-corrected chi connectivity index (χ1v) is 5.49. The molecule has 0 radical (unpaired) electrons. The molecule has 102 valence electrons. The fourth-order valence-corrected chi connectivity index (χ4v) is 1.43. The molecule has 7 heteroatoms. The summed E-state index contributed by atoms with van der Waals surface area (Å²) in [6, 6.07) is 5.25. The van der Waals surface area contributed by atoms with Crippen LogP contribution in [-0.4, -0.2) is 22.1 Å². The van der Waals surface area contributed by atoms with Crippen LogP contribution in [0.5, 0.6) is 0 Å². The number of carbonyl (C=O) groups is 2. The number of carboxylic acids is 1. The van der Waals surface area contributed by atoms with E-state index in [9.17, 15) is 14.0 Å². The number of halogens is 1. The number of anilines is 1. The van der Waals surface area contributed by atoms with Crippen molar-refractivity contribution >= 4 is 23.6 Å². The molecule has 0 fully saturated rings. The second-order valence-electron chi connectivity index (χ2n) is 3.74. The number of benzene rings is 1. The van der Waals surface area contributed by atoms with E-state index in [2.05, 4.69) is 15.0 Å². The Kier molecular flexibility index (Phi) is 3.90. The highest BCUT2D eigenvalue weighted by Gasteiger charge is 2.10. The first-order chi connectivity index (χ1) is 9.56. The maximum absolute atomic E-state index is 13.7. The molecule has 0 atom stereocenters. The standard InChI is InChI=1S/C13H9FN2O4/c14-10-7-9(3-1-8(10)2-4-12(17)18)16-13(19)11-5-6-15-20-11/h1-7H,(H,16,19)(H,17,18). The molecule has 2 N–H and O–H groups in total. The Hall–Kier alpha value is -2.96. The first kappa shape index (κ1) is 13.5. The highest BCUT2D eigenvalue weighted by atomic mass is 19.1. The molecule has 0 bridgehead atoms. The molecular weight excluding hydrogens is 267 g/mol. The largest absolute Gasteiger partial charge is 0.478 e. The van der Waals surface area contributed by atoms with Crippen molar-refractivity contribution in [2.24, 2.45) is 0 Å². The summed E-state index contributed by atoms with van der Waals surface area (Å²) in [6.45, 7) is 0. The van der Waals surface area contributed by atoms with Gasteiger partial charge in [0.25, 0.3) is 5.91 Å². The minimum Gasteiger partial charge on any atom is -0.478 e. The third-order valence-electron chi connectivity index (χ3n) is 2.33. The average Bonchev–Trinajstić information content (AvgIpc) is 2.91.